The van der Waals surface area contributed by atoms with Crippen molar-refractivity contribution in [2.24, 2.45) is 0 Å². The molecule has 0 amide bonds. The summed E-state index contributed by atoms with van der Waals surface area (Å²) < 4.78 is 10.7. The molecule has 0 N–H and O–H groups in total. The third-order valence-corrected chi connectivity index (χ3v) is 3.61. The van der Waals surface area contributed by atoms with Gasteiger partial charge in [-0.05, 0) is 36.8 Å². The van der Waals surface area contributed by atoms with E-state index in [1.165, 1.54) is 15.3 Å². The Bertz CT molecular complexity index is 516. The Morgan fingerprint density at radius 1 is 1.12 bits per heavy atom. The Labute approximate surface area is 98.4 Å². The van der Waals surface area contributed by atoms with Crippen LogP contribution in [0.25, 0.3) is 0 Å². The van der Waals surface area contributed by atoms with Crippen molar-refractivity contribution in [3.8, 4) is 11.5 Å². The van der Waals surface area contributed by atoms with E-state index in [-0.39, 0.29) is 0 Å². The first-order chi connectivity index (χ1) is 7.81. The molecule has 3 heteroatoms. The Morgan fingerprint density at radius 2 is 2.00 bits per heavy atom. The molecule has 0 atom stereocenters. The van der Waals surface area contributed by atoms with Crippen molar-refractivity contribution in [2.45, 2.75) is 13.3 Å². The molecule has 0 aliphatic carbocycles. The molecule has 1 aliphatic rings. The molecule has 82 valence electrons. The molecule has 16 heavy (non-hydrogen) atoms. The minimum absolute atomic E-state index is 0.344. The Morgan fingerprint density at radius 3 is 2.81 bits per heavy atom. The fourth-order valence-corrected chi connectivity index (χ4v) is 2.76. The van der Waals surface area contributed by atoms with E-state index in [0.717, 1.165) is 17.9 Å². The van der Waals surface area contributed by atoms with Crippen LogP contribution >= 0.6 is 11.3 Å². The highest BCUT2D eigenvalue weighted by molar-refractivity contribution is 7.11. The minimum Gasteiger partial charge on any atom is -0.454 e. The second kappa shape index (κ2) is 3.83. The van der Waals surface area contributed by atoms with Gasteiger partial charge in [0.15, 0.2) is 11.5 Å². The van der Waals surface area contributed by atoms with Crippen molar-refractivity contribution in [1.82, 2.24) is 0 Å². The second-order valence-electron chi connectivity index (χ2n) is 3.88. The van der Waals surface area contributed by atoms with E-state index in [9.17, 15) is 0 Å². The van der Waals surface area contributed by atoms with Gasteiger partial charge < -0.3 is 9.47 Å². The fraction of sp³-hybridized carbons (Fsp3) is 0.231. The second-order valence-corrected chi connectivity index (χ2v) is 5.25. The molecule has 0 bridgehead atoms. The lowest BCUT2D eigenvalue weighted by molar-refractivity contribution is 0.174. The summed E-state index contributed by atoms with van der Waals surface area (Å²) in [6.45, 7) is 2.48. The van der Waals surface area contributed by atoms with E-state index in [2.05, 4.69) is 31.2 Å². The van der Waals surface area contributed by atoms with Crippen molar-refractivity contribution in [3.05, 3.63) is 45.6 Å². The van der Waals surface area contributed by atoms with Crippen LogP contribution in [0.15, 0.2) is 30.3 Å². The molecule has 0 spiro atoms. The highest BCUT2D eigenvalue weighted by atomic mass is 32.1. The Hall–Kier alpha value is -1.48. The summed E-state index contributed by atoms with van der Waals surface area (Å²) in [7, 11) is 0. The maximum absolute atomic E-state index is 5.36. The van der Waals surface area contributed by atoms with E-state index >= 15 is 0 Å². The molecule has 1 aromatic heterocycles. The molecule has 0 fully saturated rings. The molecule has 0 unspecified atom stereocenters. The number of benzene rings is 1. The van der Waals surface area contributed by atoms with Gasteiger partial charge in [-0.3, -0.25) is 0 Å². The van der Waals surface area contributed by atoms with Crippen LogP contribution < -0.4 is 9.47 Å². The summed E-state index contributed by atoms with van der Waals surface area (Å²) in [4.78, 5) is 2.74. The zero-order valence-electron chi connectivity index (χ0n) is 9.03. The molecule has 2 nitrogen and oxygen atoms in total. The average molecular weight is 232 g/mol. The molecule has 1 aromatic carbocycles. The van der Waals surface area contributed by atoms with Crippen molar-refractivity contribution < 1.29 is 9.47 Å². The summed E-state index contributed by atoms with van der Waals surface area (Å²) in [6, 6.07) is 10.5. The Balaban J connectivity index is 1.85. The molecular formula is C13H12O2S. The van der Waals surface area contributed by atoms with Crippen molar-refractivity contribution in [3.63, 3.8) is 0 Å². The van der Waals surface area contributed by atoms with Gasteiger partial charge in [0.1, 0.15) is 0 Å². The molecule has 2 aromatic rings. The third kappa shape index (κ3) is 1.78. The highest BCUT2D eigenvalue weighted by Gasteiger charge is 2.13. The van der Waals surface area contributed by atoms with Crippen molar-refractivity contribution in [1.29, 1.82) is 0 Å². The van der Waals surface area contributed by atoms with Crippen molar-refractivity contribution in [2.75, 3.05) is 6.79 Å². The van der Waals surface area contributed by atoms with Crippen LogP contribution in [0.5, 0.6) is 11.5 Å². The number of fused-ring (bicyclic) bond motifs is 1. The standard InChI is InChI=1S/C13H12O2S/c1-9-2-4-11(16-9)6-10-3-5-12-13(7-10)15-8-14-12/h2-5,7H,6,8H2,1H3. The lowest BCUT2D eigenvalue weighted by atomic mass is 10.1. The topological polar surface area (TPSA) is 18.5 Å². The number of hydrogen-bond acceptors (Lipinski definition) is 3. The quantitative estimate of drug-likeness (QED) is 0.790. The number of rotatable bonds is 2. The Kier molecular flexibility index (Phi) is 2.33. The summed E-state index contributed by atoms with van der Waals surface area (Å²) in [6.07, 6.45) is 0.967. The molecule has 0 saturated heterocycles. The van der Waals surface area contributed by atoms with Crippen LogP contribution in [0.3, 0.4) is 0 Å². The average Bonchev–Trinajstić information content (AvgIpc) is 2.87. The largest absolute Gasteiger partial charge is 0.454 e. The number of thiophene rings is 1. The van der Waals surface area contributed by atoms with E-state index in [4.69, 9.17) is 9.47 Å². The van der Waals surface area contributed by atoms with Crippen LogP contribution in [0.2, 0.25) is 0 Å². The molecule has 1 aliphatic heterocycles. The lowest BCUT2D eigenvalue weighted by Gasteiger charge is -2.01. The van der Waals surface area contributed by atoms with Crippen LogP contribution in [0.1, 0.15) is 15.3 Å². The first kappa shape index (κ1) is 9.73. The molecule has 3 rings (SSSR count). The molecule has 0 saturated carbocycles. The van der Waals surface area contributed by atoms with E-state index in [0.29, 0.717) is 6.79 Å². The summed E-state index contributed by atoms with van der Waals surface area (Å²) >= 11 is 1.84. The van der Waals surface area contributed by atoms with Crippen LogP contribution in [-0.2, 0) is 6.42 Å². The maximum Gasteiger partial charge on any atom is 0.231 e. The van der Waals surface area contributed by atoms with Gasteiger partial charge in [0.05, 0.1) is 0 Å². The zero-order chi connectivity index (χ0) is 11.0. The van der Waals surface area contributed by atoms with Gasteiger partial charge in [-0.15, -0.1) is 11.3 Å². The van der Waals surface area contributed by atoms with Gasteiger partial charge in [0.2, 0.25) is 6.79 Å². The maximum atomic E-state index is 5.36. The smallest absolute Gasteiger partial charge is 0.231 e. The first-order valence-electron chi connectivity index (χ1n) is 5.25. The van der Waals surface area contributed by atoms with Gasteiger partial charge >= 0.3 is 0 Å². The zero-order valence-corrected chi connectivity index (χ0v) is 9.84. The number of aryl methyl sites for hydroxylation is 1. The van der Waals surface area contributed by atoms with Crippen LogP contribution in [0, 0.1) is 6.92 Å². The van der Waals surface area contributed by atoms with Crippen LogP contribution in [-0.4, -0.2) is 6.79 Å². The van der Waals surface area contributed by atoms with Gasteiger partial charge in [-0.25, -0.2) is 0 Å². The van der Waals surface area contributed by atoms with Gasteiger partial charge in [0.25, 0.3) is 0 Å². The predicted molar refractivity (Wildman–Crippen MR) is 64.4 cm³/mol. The first-order valence-corrected chi connectivity index (χ1v) is 6.07. The normalized spacial score (nSPS) is 13.1. The van der Waals surface area contributed by atoms with E-state index in [1.54, 1.807) is 0 Å². The number of ether oxygens (including phenoxy) is 2. The summed E-state index contributed by atoms with van der Waals surface area (Å²) in [5.74, 6) is 1.72. The predicted octanol–water partition coefficient (Wildman–Crippen LogP) is 3.38. The minimum atomic E-state index is 0.344. The monoisotopic (exact) mass is 232 g/mol. The SMILES string of the molecule is Cc1ccc(Cc2ccc3c(c2)OCO3)s1. The van der Waals surface area contributed by atoms with Gasteiger partial charge in [-0.2, -0.15) is 0 Å². The highest BCUT2D eigenvalue weighted by Crippen LogP contribution is 2.33. The van der Waals surface area contributed by atoms with Crippen molar-refractivity contribution >= 4 is 11.3 Å². The van der Waals surface area contributed by atoms with Gasteiger partial charge in [0, 0.05) is 16.2 Å². The molecular weight excluding hydrogens is 220 g/mol. The summed E-state index contributed by atoms with van der Waals surface area (Å²) in [5.41, 5.74) is 1.27. The lowest BCUT2D eigenvalue weighted by Crippen LogP contribution is -1.92. The van der Waals surface area contributed by atoms with Crippen LogP contribution in [0.4, 0.5) is 0 Å². The fourth-order valence-electron chi connectivity index (χ4n) is 1.83. The number of hydrogen-bond donors (Lipinski definition) is 0. The van der Waals surface area contributed by atoms with E-state index < -0.39 is 0 Å². The van der Waals surface area contributed by atoms with E-state index in [1.807, 2.05) is 17.4 Å². The van der Waals surface area contributed by atoms with Gasteiger partial charge in [-0.1, -0.05) is 6.07 Å². The molecule has 0 radical (unpaired) electrons. The summed E-state index contributed by atoms with van der Waals surface area (Å²) in [5, 5.41) is 0. The third-order valence-electron chi connectivity index (χ3n) is 2.61. The molecule has 2 heterocycles.